The molecule has 7 nitrogen and oxygen atoms in total. The van der Waals surface area contributed by atoms with Crippen LogP contribution in [0, 0.1) is 0 Å². The number of benzene rings is 2. The maximum atomic E-state index is 13.3. The van der Waals surface area contributed by atoms with Gasteiger partial charge in [0.2, 0.25) is 5.91 Å². The van der Waals surface area contributed by atoms with Gasteiger partial charge in [0.15, 0.2) is 9.84 Å². The quantitative estimate of drug-likeness (QED) is 0.587. The minimum atomic E-state index is -3.06. The number of piperazine rings is 1. The molecule has 33 heavy (non-hydrogen) atoms. The van der Waals surface area contributed by atoms with Gasteiger partial charge in [0, 0.05) is 45.3 Å². The highest BCUT2D eigenvalue weighted by molar-refractivity contribution is 7.91. The maximum Gasteiger partial charge on any atom is 0.237 e. The average Bonchev–Trinajstić information content (AvgIpc) is 3.19. The third-order valence-corrected chi connectivity index (χ3v) is 8.30. The van der Waals surface area contributed by atoms with Crippen LogP contribution in [0.5, 0.6) is 5.75 Å². The van der Waals surface area contributed by atoms with Crippen LogP contribution in [0.2, 0.25) is 0 Å². The molecule has 1 amide bonds. The Bertz CT molecular complexity index is 1020. The van der Waals surface area contributed by atoms with Crippen molar-refractivity contribution in [2.75, 3.05) is 51.3 Å². The Labute approximate surface area is 196 Å². The lowest BCUT2D eigenvalue weighted by Crippen LogP contribution is -2.51. The van der Waals surface area contributed by atoms with Crippen molar-refractivity contribution in [1.82, 2.24) is 14.7 Å². The van der Waals surface area contributed by atoms with Gasteiger partial charge in [-0.3, -0.25) is 14.6 Å². The van der Waals surface area contributed by atoms with Gasteiger partial charge in [0.25, 0.3) is 0 Å². The maximum absolute atomic E-state index is 13.3. The van der Waals surface area contributed by atoms with E-state index in [4.69, 9.17) is 4.74 Å². The van der Waals surface area contributed by atoms with Gasteiger partial charge < -0.3 is 9.64 Å². The van der Waals surface area contributed by atoms with Crippen LogP contribution >= 0.6 is 0 Å². The largest absolute Gasteiger partial charge is 0.497 e. The van der Waals surface area contributed by atoms with E-state index in [0.717, 1.165) is 44.0 Å². The molecule has 0 bridgehead atoms. The highest BCUT2D eigenvalue weighted by atomic mass is 32.2. The minimum Gasteiger partial charge on any atom is -0.497 e. The molecule has 2 aromatic carbocycles. The van der Waals surface area contributed by atoms with Gasteiger partial charge in [0.05, 0.1) is 25.2 Å². The van der Waals surface area contributed by atoms with Crippen molar-refractivity contribution in [3.05, 3.63) is 65.7 Å². The summed E-state index contributed by atoms with van der Waals surface area (Å²) in [6, 6.07) is 17.7. The van der Waals surface area contributed by atoms with Crippen molar-refractivity contribution in [3.8, 4) is 5.75 Å². The number of hydrogen-bond donors (Lipinski definition) is 0. The third-order valence-electron chi connectivity index (χ3n) is 6.55. The molecule has 2 aliphatic heterocycles. The van der Waals surface area contributed by atoms with E-state index < -0.39 is 9.84 Å². The van der Waals surface area contributed by atoms with Gasteiger partial charge in [-0.1, -0.05) is 42.5 Å². The van der Waals surface area contributed by atoms with Gasteiger partial charge in [0.1, 0.15) is 5.75 Å². The zero-order chi connectivity index (χ0) is 23.3. The molecule has 178 valence electrons. The molecule has 2 aromatic rings. The van der Waals surface area contributed by atoms with E-state index in [2.05, 4.69) is 21.9 Å². The van der Waals surface area contributed by atoms with Crippen LogP contribution in [0.1, 0.15) is 17.5 Å². The van der Waals surface area contributed by atoms with E-state index >= 15 is 0 Å². The molecule has 0 saturated carbocycles. The summed E-state index contributed by atoms with van der Waals surface area (Å²) in [5.74, 6) is 1.11. The summed E-state index contributed by atoms with van der Waals surface area (Å²) in [6.45, 7) is 5.11. The molecular formula is C25H33N3O4S. The molecule has 2 heterocycles. The summed E-state index contributed by atoms with van der Waals surface area (Å²) in [6.07, 6.45) is 0.524. The second kappa shape index (κ2) is 10.7. The van der Waals surface area contributed by atoms with Gasteiger partial charge >= 0.3 is 0 Å². The molecule has 2 fully saturated rings. The molecule has 2 saturated heterocycles. The molecule has 1 unspecified atom stereocenters. The molecule has 0 aromatic heterocycles. The summed E-state index contributed by atoms with van der Waals surface area (Å²) in [4.78, 5) is 19.7. The van der Waals surface area contributed by atoms with Crippen LogP contribution in [0.3, 0.4) is 0 Å². The monoisotopic (exact) mass is 471 g/mol. The van der Waals surface area contributed by atoms with Crippen molar-refractivity contribution >= 4 is 15.7 Å². The van der Waals surface area contributed by atoms with E-state index in [1.807, 2.05) is 42.5 Å². The lowest BCUT2D eigenvalue weighted by molar-refractivity contribution is -0.135. The highest BCUT2D eigenvalue weighted by Gasteiger charge is 2.35. The summed E-state index contributed by atoms with van der Waals surface area (Å²) in [7, 11) is -1.39. The SMILES string of the molecule is COc1ccc(CN2CCN(CC(=O)N(Cc3ccccc3)C3CCS(=O)(=O)C3)CC2)cc1. The van der Waals surface area contributed by atoms with Crippen LogP contribution in [-0.4, -0.2) is 86.4 Å². The normalized spacial score (nSPS) is 21.1. The van der Waals surface area contributed by atoms with E-state index in [1.165, 1.54) is 5.56 Å². The average molecular weight is 472 g/mol. The van der Waals surface area contributed by atoms with Crippen molar-refractivity contribution in [3.63, 3.8) is 0 Å². The van der Waals surface area contributed by atoms with Crippen molar-refractivity contribution in [2.45, 2.75) is 25.6 Å². The first-order chi connectivity index (χ1) is 15.9. The number of methoxy groups -OCH3 is 1. The van der Waals surface area contributed by atoms with Crippen LogP contribution in [0.15, 0.2) is 54.6 Å². The fourth-order valence-electron chi connectivity index (χ4n) is 4.60. The summed E-state index contributed by atoms with van der Waals surface area (Å²) in [5, 5.41) is 0. The zero-order valence-corrected chi connectivity index (χ0v) is 20.0. The van der Waals surface area contributed by atoms with Crippen molar-refractivity contribution in [1.29, 1.82) is 0 Å². The fourth-order valence-corrected chi connectivity index (χ4v) is 6.33. The van der Waals surface area contributed by atoms with Crippen LogP contribution in [0.25, 0.3) is 0 Å². The summed E-state index contributed by atoms with van der Waals surface area (Å²) >= 11 is 0. The number of rotatable bonds is 8. The van der Waals surface area contributed by atoms with Crippen LogP contribution < -0.4 is 4.74 Å². The van der Waals surface area contributed by atoms with Gasteiger partial charge in [-0.15, -0.1) is 0 Å². The van der Waals surface area contributed by atoms with Crippen molar-refractivity contribution in [2.24, 2.45) is 0 Å². The number of carbonyl (C=O) groups is 1. The van der Waals surface area contributed by atoms with Gasteiger partial charge in [-0.2, -0.15) is 0 Å². The van der Waals surface area contributed by atoms with Crippen LogP contribution in [-0.2, 0) is 27.7 Å². The van der Waals surface area contributed by atoms with Crippen LogP contribution in [0.4, 0.5) is 0 Å². The smallest absolute Gasteiger partial charge is 0.237 e. The molecule has 2 aliphatic rings. The van der Waals surface area contributed by atoms with Crippen molar-refractivity contribution < 1.29 is 17.9 Å². The molecule has 4 rings (SSSR count). The van der Waals surface area contributed by atoms with E-state index in [0.29, 0.717) is 19.5 Å². The summed E-state index contributed by atoms with van der Waals surface area (Å²) < 4.78 is 29.4. The third kappa shape index (κ3) is 6.56. The fraction of sp³-hybridized carbons (Fsp3) is 0.480. The lowest BCUT2D eigenvalue weighted by atomic mass is 10.1. The Morgan fingerprint density at radius 2 is 1.64 bits per heavy atom. The number of sulfone groups is 1. The Morgan fingerprint density at radius 1 is 0.970 bits per heavy atom. The molecule has 0 N–H and O–H groups in total. The predicted octanol–water partition coefficient (Wildman–Crippen LogP) is 2.03. The Morgan fingerprint density at radius 3 is 2.24 bits per heavy atom. The van der Waals surface area contributed by atoms with E-state index in [-0.39, 0.29) is 23.5 Å². The standard InChI is InChI=1S/C25H33N3O4S/c1-32-24-9-7-22(8-10-24)17-26-12-14-27(15-13-26)19-25(29)28(18-21-5-3-2-4-6-21)23-11-16-33(30,31)20-23/h2-10,23H,11-20H2,1H3. The zero-order valence-electron chi connectivity index (χ0n) is 19.2. The number of carbonyl (C=O) groups excluding carboxylic acids is 1. The number of hydrogen-bond acceptors (Lipinski definition) is 6. The minimum absolute atomic E-state index is 0.0181. The molecule has 1 atom stereocenters. The lowest BCUT2D eigenvalue weighted by Gasteiger charge is -2.36. The first-order valence-electron chi connectivity index (χ1n) is 11.5. The summed E-state index contributed by atoms with van der Waals surface area (Å²) in [5.41, 5.74) is 2.27. The molecular weight excluding hydrogens is 438 g/mol. The van der Waals surface area contributed by atoms with Gasteiger partial charge in [-0.25, -0.2) is 8.42 Å². The molecule has 0 radical (unpaired) electrons. The highest BCUT2D eigenvalue weighted by Crippen LogP contribution is 2.21. The Kier molecular flexibility index (Phi) is 7.67. The Hall–Kier alpha value is -2.42. The first kappa shape index (κ1) is 23.7. The number of amides is 1. The van der Waals surface area contributed by atoms with E-state index in [9.17, 15) is 13.2 Å². The topological polar surface area (TPSA) is 70.2 Å². The molecule has 0 aliphatic carbocycles. The molecule has 8 heteroatoms. The predicted molar refractivity (Wildman–Crippen MR) is 129 cm³/mol. The molecule has 0 spiro atoms. The Balaban J connectivity index is 1.33. The number of nitrogens with zero attached hydrogens (tertiary/aromatic N) is 3. The van der Waals surface area contributed by atoms with Gasteiger partial charge in [-0.05, 0) is 29.7 Å². The first-order valence-corrected chi connectivity index (χ1v) is 13.4. The number of ether oxygens (including phenoxy) is 1. The second-order valence-corrected chi connectivity index (χ2v) is 11.2. The second-order valence-electron chi connectivity index (χ2n) is 8.96. The van der Waals surface area contributed by atoms with E-state index in [1.54, 1.807) is 12.0 Å².